The summed E-state index contributed by atoms with van der Waals surface area (Å²) in [7, 11) is 1.77. The Morgan fingerprint density at radius 2 is 2.18 bits per heavy atom. The van der Waals surface area contributed by atoms with Gasteiger partial charge in [-0.3, -0.25) is 4.79 Å². The van der Waals surface area contributed by atoms with E-state index in [0.717, 1.165) is 10.7 Å². The van der Waals surface area contributed by atoms with Gasteiger partial charge in [0.05, 0.1) is 11.3 Å². The summed E-state index contributed by atoms with van der Waals surface area (Å²) in [6.45, 7) is 5.64. The zero-order valence-corrected chi connectivity index (χ0v) is 11.4. The van der Waals surface area contributed by atoms with Crippen molar-refractivity contribution in [3.8, 4) is 0 Å². The SMILES string of the molecule is CNc1snc(C)c1C(=O)NC(C)C(C)CO. The van der Waals surface area contributed by atoms with Gasteiger partial charge in [-0.1, -0.05) is 6.92 Å². The van der Waals surface area contributed by atoms with Crippen molar-refractivity contribution < 1.29 is 9.90 Å². The number of nitrogens with one attached hydrogen (secondary N) is 2. The van der Waals surface area contributed by atoms with Crippen molar-refractivity contribution in [3.63, 3.8) is 0 Å². The normalized spacial score (nSPS) is 14.2. The third-order valence-corrected chi connectivity index (χ3v) is 3.77. The summed E-state index contributed by atoms with van der Waals surface area (Å²) in [5.74, 6) is -0.114. The van der Waals surface area contributed by atoms with Gasteiger partial charge in [0.15, 0.2) is 0 Å². The van der Waals surface area contributed by atoms with Gasteiger partial charge in [0.2, 0.25) is 0 Å². The van der Waals surface area contributed by atoms with E-state index in [1.165, 1.54) is 11.5 Å². The van der Waals surface area contributed by atoms with E-state index in [1.54, 1.807) is 7.05 Å². The summed E-state index contributed by atoms with van der Waals surface area (Å²) >= 11 is 1.27. The highest BCUT2D eigenvalue weighted by Crippen LogP contribution is 2.23. The van der Waals surface area contributed by atoms with Crippen LogP contribution in [0, 0.1) is 12.8 Å². The van der Waals surface area contributed by atoms with Crippen LogP contribution in [-0.2, 0) is 0 Å². The molecule has 0 aliphatic rings. The molecule has 0 fully saturated rings. The molecule has 96 valence electrons. The number of hydrogen-bond donors (Lipinski definition) is 3. The summed E-state index contributed by atoms with van der Waals surface area (Å²) in [4.78, 5) is 12.1. The maximum absolute atomic E-state index is 12.1. The monoisotopic (exact) mass is 257 g/mol. The van der Waals surface area contributed by atoms with Crippen molar-refractivity contribution in [1.82, 2.24) is 9.69 Å². The molecule has 2 atom stereocenters. The van der Waals surface area contributed by atoms with E-state index in [4.69, 9.17) is 5.11 Å². The van der Waals surface area contributed by atoms with Crippen LogP contribution < -0.4 is 10.6 Å². The number of carbonyl (C=O) groups excluding carboxylic acids is 1. The number of carbonyl (C=O) groups is 1. The van der Waals surface area contributed by atoms with Crippen LogP contribution in [0.1, 0.15) is 29.9 Å². The Kier molecular flexibility index (Phi) is 4.89. The molecule has 0 saturated heterocycles. The molecule has 0 aliphatic heterocycles. The van der Waals surface area contributed by atoms with Crippen LogP contribution in [0.5, 0.6) is 0 Å². The van der Waals surface area contributed by atoms with Gasteiger partial charge in [0.1, 0.15) is 5.00 Å². The molecule has 0 radical (unpaired) electrons. The van der Waals surface area contributed by atoms with Crippen LogP contribution in [0.2, 0.25) is 0 Å². The van der Waals surface area contributed by atoms with Gasteiger partial charge in [-0.05, 0) is 31.3 Å². The largest absolute Gasteiger partial charge is 0.396 e. The van der Waals surface area contributed by atoms with Gasteiger partial charge in [-0.15, -0.1) is 0 Å². The molecule has 1 aromatic heterocycles. The van der Waals surface area contributed by atoms with Crippen LogP contribution in [-0.4, -0.2) is 35.1 Å². The number of aliphatic hydroxyl groups excluding tert-OH is 1. The van der Waals surface area contributed by atoms with Crippen molar-refractivity contribution in [2.24, 2.45) is 5.92 Å². The number of aliphatic hydroxyl groups is 1. The van der Waals surface area contributed by atoms with E-state index < -0.39 is 0 Å². The Labute approximate surface area is 105 Å². The maximum Gasteiger partial charge on any atom is 0.256 e. The molecule has 0 saturated carbocycles. The highest BCUT2D eigenvalue weighted by Gasteiger charge is 2.21. The first-order valence-corrected chi connectivity index (χ1v) is 6.34. The number of rotatable bonds is 5. The number of aromatic nitrogens is 1. The predicted octanol–water partition coefficient (Wildman–Crippen LogP) is 1.24. The number of amides is 1. The molecule has 0 aliphatic carbocycles. The smallest absolute Gasteiger partial charge is 0.256 e. The minimum atomic E-state index is -0.145. The summed E-state index contributed by atoms with van der Waals surface area (Å²) in [6.07, 6.45) is 0. The average Bonchev–Trinajstić information content (AvgIpc) is 2.69. The second-order valence-corrected chi connectivity index (χ2v) is 4.92. The van der Waals surface area contributed by atoms with Crippen LogP contribution in [0.3, 0.4) is 0 Å². The number of hydrogen-bond acceptors (Lipinski definition) is 5. The lowest BCUT2D eigenvalue weighted by atomic mass is 10.0. The molecule has 1 aromatic rings. The molecule has 1 rings (SSSR count). The molecule has 1 heterocycles. The molecule has 3 N–H and O–H groups in total. The number of nitrogens with zero attached hydrogens (tertiary/aromatic N) is 1. The van der Waals surface area contributed by atoms with Crippen LogP contribution >= 0.6 is 11.5 Å². The summed E-state index contributed by atoms with van der Waals surface area (Å²) in [6, 6.07) is -0.0727. The van der Waals surface area contributed by atoms with Gasteiger partial charge >= 0.3 is 0 Å². The minimum Gasteiger partial charge on any atom is -0.396 e. The van der Waals surface area contributed by atoms with Gasteiger partial charge in [0.25, 0.3) is 5.91 Å². The standard InChI is InChI=1S/C11H19N3O2S/c1-6(5-15)7(2)13-10(16)9-8(3)14-17-11(9)12-4/h6-7,12,15H,5H2,1-4H3,(H,13,16). The van der Waals surface area contributed by atoms with Gasteiger partial charge in [-0.25, -0.2) is 0 Å². The molecule has 0 aromatic carbocycles. The summed E-state index contributed by atoms with van der Waals surface area (Å²) in [5, 5.41) is 15.6. The molecule has 2 unspecified atom stereocenters. The third-order valence-electron chi connectivity index (χ3n) is 2.82. The Hall–Kier alpha value is -1.14. The van der Waals surface area contributed by atoms with Crippen molar-refractivity contribution in [2.45, 2.75) is 26.8 Å². The van der Waals surface area contributed by atoms with Crippen molar-refractivity contribution in [2.75, 3.05) is 19.0 Å². The van der Waals surface area contributed by atoms with Gasteiger partial charge in [0, 0.05) is 19.7 Å². The highest BCUT2D eigenvalue weighted by atomic mass is 32.1. The van der Waals surface area contributed by atoms with Gasteiger partial charge in [-0.2, -0.15) is 4.37 Å². The number of anilines is 1. The first-order valence-electron chi connectivity index (χ1n) is 5.57. The van der Waals surface area contributed by atoms with E-state index in [0.29, 0.717) is 5.56 Å². The molecular formula is C11H19N3O2S. The topological polar surface area (TPSA) is 74.2 Å². The molecular weight excluding hydrogens is 238 g/mol. The van der Waals surface area contributed by atoms with E-state index in [9.17, 15) is 4.79 Å². The van der Waals surface area contributed by atoms with Gasteiger partial charge < -0.3 is 15.7 Å². The summed E-state index contributed by atoms with van der Waals surface area (Å²) < 4.78 is 4.15. The van der Waals surface area contributed by atoms with E-state index in [2.05, 4.69) is 15.0 Å². The maximum atomic E-state index is 12.1. The fourth-order valence-corrected chi connectivity index (χ4v) is 2.13. The predicted molar refractivity (Wildman–Crippen MR) is 69.6 cm³/mol. The molecule has 17 heavy (non-hydrogen) atoms. The first kappa shape index (κ1) is 13.9. The van der Waals surface area contributed by atoms with Crippen LogP contribution in [0.4, 0.5) is 5.00 Å². The van der Waals surface area contributed by atoms with Crippen LogP contribution in [0.15, 0.2) is 0 Å². The fourth-order valence-electron chi connectivity index (χ4n) is 1.39. The quantitative estimate of drug-likeness (QED) is 0.742. The Balaban J connectivity index is 2.79. The van der Waals surface area contributed by atoms with E-state index >= 15 is 0 Å². The second kappa shape index (κ2) is 5.97. The second-order valence-electron chi connectivity index (χ2n) is 4.14. The molecule has 6 heteroatoms. The van der Waals surface area contributed by atoms with Crippen molar-refractivity contribution in [1.29, 1.82) is 0 Å². The zero-order chi connectivity index (χ0) is 13.0. The summed E-state index contributed by atoms with van der Waals surface area (Å²) in [5.41, 5.74) is 1.31. The lowest BCUT2D eigenvalue weighted by Crippen LogP contribution is -2.38. The number of aryl methyl sites for hydroxylation is 1. The first-order chi connectivity index (χ1) is 8.01. The lowest BCUT2D eigenvalue weighted by Gasteiger charge is -2.19. The fraction of sp³-hybridized carbons (Fsp3) is 0.636. The lowest BCUT2D eigenvalue weighted by molar-refractivity contribution is 0.0916. The molecule has 1 amide bonds. The molecule has 0 bridgehead atoms. The third kappa shape index (κ3) is 3.17. The Bertz CT molecular complexity index is 392. The van der Waals surface area contributed by atoms with Crippen molar-refractivity contribution >= 4 is 22.4 Å². The Morgan fingerprint density at radius 1 is 1.53 bits per heavy atom. The minimum absolute atomic E-state index is 0.0314. The molecule has 5 nitrogen and oxygen atoms in total. The van der Waals surface area contributed by atoms with Crippen molar-refractivity contribution in [3.05, 3.63) is 11.3 Å². The average molecular weight is 257 g/mol. The molecule has 0 spiro atoms. The van der Waals surface area contributed by atoms with E-state index in [1.807, 2.05) is 20.8 Å². The Morgan fingerprint density at radius 3 is 2.71 bits per heavy atom. The highest BCUT2D eigenvalue weighted by molar-refractivity contribution is 7.10. The zero-order valence-electron chi connectivity index (χ0n) is 10.6. The van der Waals surface area contributed by atoms with Crippen LogP contribution in [0.25, 0.3) is 0 Å². The van der Waals surface area contributed by atoms with E-state index in [-0.39, 0.29) is 24.5 Å².